The van der Waals surface area contributed by atoms with E-state index in [0.29, 0.717) is 0 Å². The summed E-state index contributed by atoms with van der Waals surface area (Å²) in [5, 5.41) is 6.15. The number of para-hydroxylation sites is 3. The monoisotopic (exact) mass is 462 g/mol. The van der Waals surface area contributed by atoms with Crippen molar-refractivity contribution in [3.63, 3.8) is 0 Å². The summed E-state index contributed by atoms with van der Waals surface area (Å²) in [6.45, 7) is 0. The summed E-state index contributed by atoms with van der Waals surface area (Å²) in [6.07, 6.45) is 0. The summed E-state index contributed by atoms with van der Waals surface area (Å²) in [6, 6.07) is 41.0. The fourth-order valence-corrected chi connectivity index (χ4v) is 5.88. The van der Waals surface area contributed by atoms with Crippen molar-refractivity contribution < 1.29 is 4.42 Å². The molecule has 8 rings (SSSR count). The highest BCUT2D eigenvalue weighted by atomic mass is 16.3. The van der Waals surface area contributed by atoms with Crippen LogP contribution in [-0.4, -0.2) is 9.13 Å². The van der Waals surface area contributed by atoms with Crippen LogP contribution >= 0.6 is 0 Å². The fourth-order valence-electron chi connectivity index (χ4n) is 5.88. The Hall–Kier alpha value is -4.76. The summed E-state index contributed by atoms with van der Waals surface area (Å²) in [7, 11) is 2.17. The minimum atomic E-state index is 0.924. The molecule has 36 heavy (non-hydrogen) atoms. The van der Waals surface area contributed by atoms with E-state index in [4.69, 9.17) is 4.42 Å². The van der Waals surface area contributed by atoms with E-state index in [1.807, 2.05) is 12.1 Å². The van der Waals surface area contributed by atoms with E-state index in [1.165, 1.54) is 49.7 Å². The average Bonchev–Trinajstić information content (AvgIpc) is 3.57. The first-order valence-corrected chi connectivity index (χ1v) is 12.3. The van der Waals surface area contributed by atoms with E-state index in [0.717, 1.165) is 21.9 Å². The Bertz CT molecular complexity index is 2100. The predicted octanol–water partition coefficient (Wildman–Crippen LogP) is 8.84. The maximum atomic E-state index is 6.07. The van der Waals surface area contributed by atoms with Crippen LogP contribution in [0.15, 0.2) is 120 Å². The smallest absolute Gasteiger partial charge is 0.135 e. The molecule has 0 saturated heterocycles. The average molecular weight is 463 g/mol. The molecule has 3 nitrogen and oxygen atoms in total. The van der Waals surface area contributed by atoms with E-state index in [1.54, 1.807) is 0 Å². The van der Waals surface area contributed by atoms with Crippen LogP contribution in [0.4, 0.5) is 0 Å². The van der Waals surface area contributed by atoms with Gasteiger partial charge in [0.25, 0.3) is 0 Å². The van der Waals surface area contributed by atoms with Crippen molar-refractivity contribution >= 4 is 54.8 Å². The third-order valence-electron chi connectivity index (χ3n) is 7.52. The number of aromatic nitrogens is 2. The lowest BCUT2D eigenvalue weighted by Crippen LogP contribution is -1.98. The Balaban J connectivity index is 1.46. The molecule has 0 amide bonds. The van der Waals surface area contributed by atoms with Gasteiger partial charge in [0, 0.05) is 39.7 Å². The van der Waals surface area contributed by atoms with Crippen molar-refractivity contribution in [2.45, 2.75) is 0 Å². The molecule has 0 aliphatic rings. The highest BCUT2D eigenvalue weighted by Gasteiger charge is 2.20. The quantitative estimate of drug-likeness (QED) is 0.252. The van der Waals surface area contributed by atoms with Crippen molar-refractivity contribution in [3.05, 3.63) is 115 Å². The lowest BCUT2D eigenvalue weighted by atomic mass is 10.0. The molecule has 0 bridgehead atoms. The Morgan fingerprint density at radius 2 is 1.19 bits per heavy atom. The molecule has 0 unspecified atom stereocenters. The fraction of sp³-hybridized carbons (Fsp3) is 0.0303. The van der Waals surface area contributed by atoms with Crippen LogP contribution in [0.1, 0.15) is 0 Å². The second kappa shape index (κ2) is 7.12. The minimum absolute atomic E-state index is 0.924. The van der Waals surface area contributed by atoms with Gasteiger partial charge in [-0.2, -0.15) is 0 Å². The van der Waals surface area contributed by atoms with Crippen LogP contribution in [0.3, 0.4) is 0 Å². The second-order valence-electron chi connectivity index (χ2n) is 9.49. The number of benzene rings is 5. The molecule has 0 aliphatic carbocycles. The van der Waals surface area contributed by atoms with Gasteiger partial charge in [-0.25, -0.2) is 0 Å². The lowest BCUT2D eigenvalue weighted by molar-refractivity contribution is 0.669. The molecule has 0 atom stereocenters. The van der Waals surface area contributed by atoms with Gasteiger partial charge in [0.1, 0.15) is 16.8 Å². The first kappa shape index (κ1) is 19.5. The van der Waals surface area contributed by atoms with Crippen LogP contribution in [0.25, 0.3) is 71.6 Å². The zero-order valence-corrected chi connectivity index (χ0v) is 19.8. The molecular weight excluding hydrogens is 440 g/mol. The topological polar surface area (TPSA) is 23.0 Å². The third-order valence-corrected chi connectivity index (χ3v) is 7.52. The maximum absolute atomic E-state index is 6.07. The number of hydrogen-bond donors (Lipinski definition) is 0. The van der Waals surface area contributed by atoms with Gasteiger partial charge in [-0.3, -0.25) is 4.57 Å². The molecule has 3 heteroatoms. The number of nitrogens with zero attached hydrogens (tertiary/aromatic N) is 2. The summed E-state index contributed by atoms with van der Waals surface area (Å²) < 4.78 is 10.8. The van der Waals surface area contributed by atoms with Gasteiger partial charge < -0.3 is 8.98 Å². The molecule has 170 valence electrons. The first-order chi connectivity index (χ1) is 17.8. The number of rotatable bonds is 2. The summed E-state index contributed by atoms with van der Waals surface area (Å²) in [5.41, 5.74) is 9.09. The van der Waals surface area contributed by atoms with Crippen molar-refractivity contribution in [2.75, 3.05) is 0 Å². The lowest BCUT2D eigenvalue weighted by Gasteiger charge is -2.10. The zero-order chi connectivity index (χ0) is 23.8. The van der Waals surface area contributed by atoms with Crippen molar-refractivity contribution in [1.82, 2.24) is 9.13 Å². The van der Waals surface area contributed by atoms with Crippen molar-refractivity contribution in [1.29, 1.82) is 0 Å². The van der Waals surface area contributed by atoms with E-state index >= 15 is 0 Å². The maximum Gasteiger partial charge on any atom is 0.135 e. The van der Waals surface area contributed by atoms with Gasteiger partial charge in [-0.15, -0.1) is 0 Å². The summed E-state index contributed by atoms with van der Waals surface area (Å²) >= 11 is 0. The largest absolute Gasteiger partial charge is 0.456 e. The molecular formula is C33H22N2O. The van der Waals surface area contributed by atoms with Gasteiger partial charge in [0.2, 0.25) is 0 Å². The summed E-state index contributed by atoms with van der Waals surface area (Å²) in [4.78, 5) is 0. The number of hydrogen-bond acceptors (Lipinski definition) is 1. The molecule has 0 saturated carbocycles. The SMILES string of the molecule is Cn1c2ccccc2c2c3cc(-c4ccc5oc6ccccc6c5c4)ccc3n(-c3ccccc3)c21. The molecule has 0 N–H and O–H groups in total. The van der Waals surface area contributed by atoms with Crippen LogP contribution in [0, 0.1) is 0 Å². The molecule has 0 aliphatic heterocycles. The summed E-state index contributed by atoms with van der Waals surface area (Å²) in [5.74, 6) is 0. The second-order valence-corrected chi connectivity index (χ2v) is 9.49. The predicted molar refractivity (Wildman–Crippen MR) is 150 cm³/mol. The van der Waals surface area contributed by atoms with Gasteiger partial charge in [0.05, 0.1) is 11.0 Å². The van der Waals surface area contributed by atoms with E-state index in [9.17, 15) is 0 Å². The number of furan rings is 1. The molecule has 0 radical (unpaired) electrons. The Labute approximate surface area is 207 Å². The van der Waals surface area contributed by atoms with Crippen LogP contribution in [0.5, 0.6) is 0 Å². The Morgan fingerprint density at radius 3 is 2.06 bits per heavy atom. The van der Waals surface area contributed by atoms with Crippen LogP contribution < -0.4 is 0 Å². The molecule has 5 aromatic carbocycles. The van der Waals surface area contributed by atoms with Crippen molar-refractivity contribution in [3.8, 4) is 16.8 Å². The Kier molecular flexibility index (Phi) is 3.87. The standard InChI is InChI=1S/C33H22N2O/c1-34-28-13-7-5-12-25(28)32-27-20-21(15-17-29(27)35(33(32)34)23-9-3-2-4-10-23)22-16-18-31-26(19-22)24-11-6-8-14-30(24)36-31/h2-20H,1H3. The van der Waals surface area contributed by atoms with Gasteiger partial charge in [-0.1, -0.05) is 66.7 Å². The number of fused-ring (bicyclic) bond motifs is 8. The first-order valence-electron chi connectivity index (χ1n) is 12.3. The normalized spacial score (nSPS) is 12.0. The molecule has 3 heterocycles. The molecule has 8 aromatic rings. The van der Waals surface area contributed by atoms with E-state index < -0.39 is 0 Å². The highest BCUT2D eigenvalue weighted by molar-refractivity contribution is 6.22. The van der Waals surface area contributed by atoms with Gasteiger partial charge >= 0.3 is 0 Å². The molecule has 3 aromatic heterocycles. The third kappa shape index (κ3) is 2.57. The zero-order valence-electron chi connectivity index (χ0n) is 19.8. The minimum Gasteiger partial charge on any atom is -0.456 e. The Morgan fingerprint density at radius 1 is 0.528 bits per heavy atom. The van der Waals surface area contributed by atoms with Gasteiger partial charge in [0.15, 0.2) is 0 Å². The molecule has 0 spiro atoms. The number of aryl methyl sites for hydroxylation is 1. The van der Waals surface area contributed by atoms with E-state index in [2.05, 4.69) is 119 Å². The highest BCUT2D eigenvalue weighted by Crippen LogP contribution is 2.40. The van der Waals surface area contributed by atoms with Crippen LogP contribution in [-0.2, 0) is 7.05 Å². The van der Waals surface area contributed by atoms with E-state index in [-0.39, 0.29) is 0 Å². The van der Waals surface area contributed by atoms with Crippen molar-refractivity contribution in [2.24, 2.45) is 7.05 Å². The van der Waals surface area contributed by atoms with Crippen LogP contribution in [0.2, 0.25) is 0 Å². The van der Waals surface area contributed by atoms with Gasteiger partial charge in [-0.05, 0) is 59.7 Å². The molecule has 0 fully saturated rings.